The maximum absolute atomic E-state index is 4.03. The zero-order chi connectivity index (χ0) is 6.85. The van der Waals surface area contributed by atoms with E-state index in [1.807, 2.05) is 0 Å². The largest absolute Gasteiger partial charge is 0.0996 e. The first kappa shape index (κ1) is 6.85. The van der Waals surface area contributed by atoms with E-state index in [1.165, 1.54) is 24.8 Å². The van der Waals surface area contributed by atoms with E-state index < -0.39 is 0 Å². The van der Waals surface area contributed by atoms with Gasteiger partial charge >= 0.3 is 0 Å². The van der Waals surface area contributed by atoms with Gasteiger partial charge < -0.3 is 0 Å². The highest BCUT2D eigenvalue weighted by atomic mass is 14.3. The van der Waals surface area contributed by atoms with Crippen molar-refractivity contribution in [3.8, 4) is 0 Å². The van der Waals surface area contributed by atoms with Crippen LogP contribution in [-0.2, 0) is 0 Å². The lowest BCUT2D eigenvalue weighted by atomic mass is 9.94. The maximum atomic E-state index is 4.03. The van der Waals surface area contributed by atoms with Crippen LogP contribution in [0.3, 0.4) is 0 Å². The summed E-state index contributed by atoms with van der Waals surface area (Å²) in [5.41, 5.74) is 1.47. The minimum Gasteiger partial charge on any atom is -0.0996 e. The SMILES string of the molecule is C=C1CCC(CC)[C@@H]1C. The van der Waals surface area contributed by atoms with Gasteiger partial charge in [-0.1, -0.05) is 32.4 Å². The Morgan fingerprint density at radius 1 is 1.67 bits per heavy atom. The lowest BCUT2D eigenvalue weighted by molar-refractivity contribution is 0.435. The second-order valence-corrected chi connectivity index (χ2v) is 3.15. The van der Waals surface area contributed by atoms with Crippen molar-refractivity contribution in [1.29, 1.82) is 0 Å². The van der Waals surface area contributed by atoms with E-state index in [9.17, 15) is 0 Å². The monoisotopic (exact) mass is 124 g/mol. The molecule has 9 heavy (non-hydrogen) atoms. The fourth-order valence-electron chi connectivity index (χ4n) is 1.74. The molecule has 1 aliphatic carbocycles. The number of allylic oxidation sites excluding steroid dienone is 1. The first-order chi connectivity index (χ1) is 4.25. The third kappa shape index (κ3) is 1.17. The van der Waals surface area contributed by atoms with E-state index in [0.29, 0.717) is 0 Å². The Hall–Kier alpha value is -0.260. The van der Waals surface area contributed by atoms with Gasteiger partial charge in [0.05, 0.1) is 0 Å². The predicted molar refractivity (Wildman–Crippen MR) is 41.3 cm³/mol. The van der Waals surface area contributed by atoms with E-state index in [-0.39, 0.29) is 0 Å². The van der Waals surface area contributed by atoms with Crippen LogP contribution in [0.15, 0.2) is 12.2 Å². The van der Waals surface area contributed by atoms with Gasteiger partial charge in [-0.25, -0.2) is 0 Å². The molecule has 1 saturated carbocycles. The summed E-state index contributed by atoms with van der Waals surface area (Å²) < 4.78 is 0. The summed E-state index contributed by atoms with van der Waals surface area (Å²) in [6, 6.07) is 0. The number of hydrogen-bond acceptors (Lipinski definition) is 0. The molecule has 0 heteroatoms. The van der Waals surface area contributed by atoms with Gasteiger partial charge in [0.15, 0.2) is 0 Å². The van der Waals surface area contributed by atoms with E-state index >= 15 is 0 Å². The third-order valence-electron chi connectivity index (χ3n) is 2.71. The second-order valence-electron chi connectivity index (χ2n) is 3.15. The summed E-state index contributed by atoms with van der Waals surface area (Å²) >= 11 is 0. The van der Waals surface area contributed by atoms with Crippen LogP contribution in [0.2, 0.25) is 0 Å². The van der Waals surface area contributed by atoms with Crippen molar-refractivity contribution in [3.05, 3.63) is 12.2 Å². The lowest BCUT2D eigenvalue weighted by Crippen LogP contribution is -2.02. The van der Waals surface area contributed by atoms with Gasteiger partial charge in [-0.3, -0.25) is 0 Å². The minimum absolute atomic E-state index is 0.801. The molecular weight excluding hydrogens is 108 g/mol. The highest BCUT2D eigenvalue weighted by Crippen LogP contribution is 2.36. The minimum atomic E-state index is 0.801. The molecule has 0 radical (unpaired) electrons. The van der Waals surface area contributed by atoms with Crippen molar-refractivity contribution in [2.75, 3.05) is 0 Å². The number of rotatable bonds is 1. The Labute approximate surface area is 58.0 Å². The summed E-state index contributed by atoms with van der Waals surface area (Å²) in [5.74, 6) is 1.74. The zero-order valence-electron chi connectivity index (χ0n) is 6.48. The summed E-state index contributed by atoms with van der Waals surface area (Å²) in [6.45, 7) is 8.62. The number of hydrogen-bond donors (Lipinski definition) is 0. The van der Waals surface area contributed by atoms with Gasteiger partial charge in [-0.2, -0.15) is 0 Å². The van der Waals surface area contributed by atoms with Crippen LogP contribution in [0.25, 0.3) is 0 Å². The van der Waals surface area contributed by atoms with Gasteiger partial charge in [0.2, 0.25) is 0 Å². The van der Waals surface area contributed by atoms with Gasteiger partial charge in [0.1, 0.15) is 0 Å². The Kier molecular flexibility index (Phi) is 1.94. The predicted octanol–water partition coefficient (Wildman–Crippen LogP) is 3.00. The highest BCUT2D eigenvalue weighted by molar-refractivity contribution is 5.06. The van der Waals surface area contributed by atoms with E-state index in [2.05, 4.69) is 20.4 Å². The van der Waals surface area contributed by atoms with Crippen LogP contribution in [0.4, 0.5) is 0 Å². The molecule has 0 aliphatic heterocycles. The van der Waals surface area contributed by atoms with Crippen molar-refractivity contribution in [3.63, 3.8) is 0 Å². The van der Waals surface area contributed by atoms with Crippen LogP contribution < -0.4 is 0 Å². The topological polar surface area (TPSA) is 0 Å². The van der Waals surface area contributed by atoms with Gasteiger partial charge in [0, 0.05) is 0 Å². The molecule has 0 aromatic heterocycles. The quantitative estimate of drug-likeness (QED) is 0.471. The summed E-state index contributed by atoms with van der Waals surface area (Å²) in [7, 11) is 0. The fourth-order valence-corrected chi connectivity index (χ4v) is 1.74. The van der Waals surface area contributed by atoms with Gasteiger partial charge in [-0.15, -0.1) is 0 Å². The Morgan fingerprint density at radius 3 is 2.56 bits per heavy atom. The van der Waals surface area contributed by atoms with Gasteiger partial charge in [-0.05, 0) is 24.7 Å². The standard InChI is InChI=1S/C9H16/c1-4-9-6-5-7(2)8(9)3/h8-9H,2,4-6H2,1,3H3/t8-,9?/m1/s1. The Balaban J connectivity index is 2.51. The molecule has 0 aromatic carbocycles. The first-order valence-corrected chi connectivity index (χ1v) is 3.93. The van der Waals surface area contributed by atoms with Crippen molar-refractivity contribution in [1.82, 2.24) is 0 Å². The molecule has 0 saturated heterocycles. The van der Waals surface area contributed by atoms with E-state index in [0.717, 1.165) is 11.8 Å². The smallest absolute Gasteiger partial charge is 0.0206 e. The van der Waals surface area contributed by atoms with Crippen LogP contribution >= 0.6 is 0 Å². The molecule has 52 valence electrons. The molecule has 0 nitrogen and oxygen atoms in total. The summed E-state index contributed by atoms with van der Waals surface area (Å²) in [4.78, 5) is 0. The molecule has 1 aliphatic rings. The van der Waals surface area contributed by atoms with Crippen LogP contribution in [-0.4, -0.2) is 0 Å². The maximum Gasteiger partial charge on any atom is -0.0206 e. The molecule has 0 amide bonds. The van der Waals surface area contributed by atoms with Crippen molar-refractivity contribution in [2.45, 2.75) is 33.1 Å². The molecule has 0 spiro atoms. The average Bonchev–Trinajstić information content (AvgIpc) is 2.15. The fraction of sp³-hybridized carbons (Fsp3) is 0.778. The Morgan fingerprint density at radius 2 is 2.33 bits per heavy atom. The molecule has 0 aromatic rings. The van der Waals surface area contributed by atoms with Gasteiger partial charge in [0.25, 0.3) is 0 Å². The molecular formula is C9H16. The molecule has 1 fully saturated rings. The molecule has 2 atom stereocenters. The van der Waals surface area contributed by atoms with Crippen molar-refractivity contribution in [2.24, 2.45) is 11.8 Å². The van der Waals surface area contributed by atoms with E-state index in [4.69, 9.17) is 0 Å². The second kappa shape index (κ2) is 2.55. The normalized spacial score (nSPS) is 35.6. The zero-order valence-corrected chi connectivity index (χ0v) is 6.48. The molecule has 1 rings (SSSR count). The molecule has 0 bridgehead atoms. The first-order valence-electron chi connectivity index (χ1n) is 3.93. The molecule has 1 unspecified atom stereocenters. The van der Waals surface area contributed by atoms with E-state index in [1.54, 1.807) is 0 Å². The molecule has 0 N–H and O–H groups in total. The summed E-state index contributed by atoms with van der Waals surface area (Å²) in [5, 5.41) is 0. The van der Waals surface area contributed by atoms with Crippen molar-refractivity contribution >= 4 is 0 Å². The van der Waals surface area contributed by atoms with Crippen LogP contribution in [0.1, 0.15) is 33.1 Å². The van der Waals surface area contributed by atoms with Crippen LogP contribution in [0.5, 0.6) is 0 Å². The highest BCUT2D eigenvalue weighted by Gasteiger charge is 2.24. The lowest BCUT2D eigenvalue weighted by Gasteiger charge is -2.11. The van der Waals surface area contributed by atoms with Crippen molar-refractivity contribution < 1.29 is 0 Å². The Bertz CT molecular complexity index is 113. The summed E-state index contributed by atoms with van der Waals surface area (Å²) in [6.07, 6.45) is 4.00. The third-order valence-corrected chi connectivity index (χ3v) is 2.71. The van der Waals surface area contributed by atoms with Crippen LogP contribution in [0, 0.1) is 11.8 Å². The average molecular weight is 124 g/mol. The molecule has 0 heterocycles.